The molecule has 0 spiro atoms. The summed E-state index contributed by atoms with van der Waals surface area (Å²) in [6.07, 6.45) is 13.7. The third-order valence-electron chi connectivity index (χ3n) is 6.74. The Morgan fingerprint density at radius 3 is 1.84 bits per heavy atom. The van der Waals surface area contributed by atoms with E-state index in [0.29, 0.717) is 5.54 Å². The molecule has 0 saturated carbocycles. The molecule has 0 bridgehead atoms. The van der Waals surface area contributed by atoms with Crippen molar-refractivity contribution in [1.82, 2.24) is 0 Å². The van der Waals surface area contributed by atoms with Crippen LogP contribution < -0.4 is 0 Å². The third-order valence-corrected chi connectivity index (χ3v) is 23.2. The molecule has 0 aliphatic carbocycles. The zero-order valence-electron chi connectivity index (χ0n) is 21.9. The van der Waals surface area contributed by atoms with Crippen molar-refractivity contribution in [1.29, 1.82) is 0 Å². The molecule has 1 N–H and O–H groups in total. The normalized spacial score (nSPS) is 15.2. The molecule has 0 radical (unpaired) electrons. The Morgan fingerprint density at radius 1 is 0.938 bits per heavy atom. The summed E-state index contributed by atoms with van der Waals surface area (Å²) in [4.78, 5) is 0. The number of aliphatic hydroxyl groups is 1. The molecule has 180 valence electrons. The predicted molar refractivity (Wildman–Crippen MR) is 151 cm³/mol. The van der Waals surface area contributed by atoms with Gasteiger partial charge >= 0.3 is 206 Å². The van der Waals surface area contributed by atoms with Crippen molar-refractivity contribution in [2.75, 3.05) is 0 Å². The van der Waals surface area contributed by atoms with Crippen LogP contribution >= 0.6 is 0 Å². The number of allylic oxidation sites excluding steroid dienone is 1. The first-order chi connectivity index (χ1) is 15.2. The van der Waals surface area contributed by atoms with Gasteiger partial charge in [-0.3, -0.25) is 0 Å². The summed E-state index contributed by atoms with van der Waals surface area (Å²) in [5.74, 6) is 0. The molecule has 0 aliphatic heterocycles. The van der Waals surface area contributed by atoms with E-state index < -0.39 is 32.6 Å². The molecule has 1 aromatic carbocycles. The van der Waals surface area contributed by atoms with E-state index in [-0.39, 0.29) is 0 Å². The third kappa shape index (κ3) is 10.1. The van der Waals surface area contributed by atoms with Crippen LogP contribution in [0.3, 0.4) is 0 Å². The van der Waals surface area contributed by atoms with E-state index in [1.54, 1.807) is 0 Å². The summed E-state index contributed by atoms with van der Waals surface area (Å²) in [5.41, 5.74) is 2.69. The predicted octanol–water partition coefficient (Wildman–Crippen LogP) is 9.07. The van der Waals surface area contributed by atoms with Gasteiger partial charge in [-0.15, -0.1) is 0 Å². The molecule has 0 heterocycles. The summed E-state index contributed by atoms with van der Waals surface area (Å²) in [7, 11) is -1.51. The van der Waals surface area contributed by atoms with Crippen molar-refractivity contribution >= 4 is 26.5 Å². The minimum absolute atomic E-state index is 0.369. The molecule has 0 amide bonds. The summed E-state index contributed by atoms with van der Waals surface area (Å²) in [6, 6.07) is 10.8. The van der Waals surface area contributed by atoms with Gasteiger partial charge in [-0.1, -0.05) is 0 Å². The summed E-state index contributed by atoms with van der Waals surface area (Å²) in [6.45, 7) is 18.2. The van der Waals surface area contributed by atoms with Crippen LogP contribution in [-0.2, 0) is 0 Å². The average molecular weight is 562 g/mol. The second kappa shape index (κ2) is 15.3. The first kappa shape index (κ1) is 29.4. The number of unbranched alkanes of at least 4 members (excludes halogenated alkanes) is 3. The number of hydrogen-bond donors (Lipinski definition) is 1. The summed E-state index contributed by atoms with van der Waals surface area (Å²) < 4.78 is 6.89. The van der Waals surface area contributed by atoms with Crippen LogP contribution in [-0.4, -0.2) is 37.7 Å². The average Bonchev–Trinajstić information content (AvgIpc) is 2.78. The number of aliphatic hydroxyl groups excluding tert-OH is 1. The van der Waals surface area contributed by atoms with E-state index >= 15 is 0 Å². The monoisotopic (exact) mass is 562 g/mol. The van der Waals surface area contributed by atoms with Crippen LogP contribution in [0.25, 0.3) is 0 Å². The second-order valence-electron chi connectivity index (χ2n) is 10.6. The van der Waals surface area contributed by atoms with Crippen LogP contribution in [0.1, 0.15) is 70.4 Å². The van der Waals surface area contributed by atoms with Crippen molar-refractivity contribution in [3.63, 3.8) is 0 Å². The Balaban J connectivity index is 3.24. The van der Waals surface area contributed by atoms with E-state index in [9.17, 15) is 5.11 Å². The second-order valence-corrected chi connectivity index (χ2v) is 29.0. The first-order valence-electron chi connectivity index (χ1n) is 13.0. The van der Waals surface area contributed by atoms with Gasteiger partial charge < -0.3 is 0 Å². The van der Waals surface area contributed by atoms with Gasteiger partial charge in [0.2, 0.25) is 0 Å². The number of hydrogen-bond acceptors (Lipinski definition) is 1. The summed E-state index contributed by atoms with van der Waals surface area (Å²) in [5, 5.41) is 11.2. The van der Waals surface area contributed by atoms with Crippen molar-refractivity contribution in [3.05, 3.63) is 70.4 Å². The van der Waals surface area contributed by atoms with Crippen LogP contribution in [0, 0.1) is 0 Å². The van der Waals surface area contributed by atoms with E-state index in [1.807, 2.05) is 6.08 Å². The van der Waals surface area contributed by atoms with Crippen molar-refractivity contribution in [2.24, 2.45) is 0 Å². The first-order valence-corrected chi connectivity index (χ1v) is 24.3. The van der Waals surface area contributed by atoms with Gasteiger partial charge in [-0.05, 0) is 0 Å². The maximum atomic E-state index is 11.2. The molecule has 0 saturated heterocycles. The Bertz CT molecular complexity index is 680. The van der Waals surface area contributed by atoms with E-state index in [4.69, 9.17) is 0 Å². The Kier molecular flexibility index (Phi) is 14.1. The zero-order chi connectivity index (χ0) is 24.0. The molecule has 1 rings (SSSR count). The van der Waals surface area contributed by atoms with Gasteiger partial charge in [0.25, 0.3) is 0 Å². The van der Waals surface area contributed by atoms with Gasteiger partial charge in [-0.2, -0.15) is 0 Å². The van der Waals surface area contributed by atoms with Crippen LogP contribution in [0.4, 0.5) is 0 Å². The molecule has 2 unspecified atom stereocenters. The van der Waals surface area contributed by atoms with Gasteiger partial charge in [0.1, 0.15) is 0 Å². The SMILES string of the molecule is C=C/C(=C\C(c1ccccc1)[Si](C)(C)C)C(O)/C=[CH]/[Sn]([CH2]CCC)([CH2]CCC)[CH2]CCC. The molecule has 0 aliphatic rings. The van der Waals surface area contributed by atoms with E-state index in [1.165, 1.54) is 57.4 Å². The fourth-order valence-electron chi connectivity index (χ4n) is 4.60. The molecule has 2 atom stereocenters. The zero-order valence-corrected chi connectivity index (χ0v) is 25.7. The van der Waals surface area contributed by atoms with Crippen molar-refractivity contribution < 1.29 is 5.11 Å². The topological polar surface area (TPSA) is 20.2 Å². The fraction of sp³-hybridized carbons (Fsp3) is 0.586. The number of benzene rings is 1. The molecule has 0 aromatic heterocycles. The Hall–Kier alpha value is -0.584. The molecule has 32 heavy (non-hydrogen) atoms. The van der Waals surface area contributed by atoms with Crippen LogP contribution in [0.2, 0.25) is 33.0 Å². The molecular formula is C29H50OSiSn. The molecule has 1 aromatic rings. The Morgan fingerprint density at radius 2 is 1.44 bits per heavy atom. The summed E-state index contributed by atoms with van der Waals surface area (Å²) >= 11 is -2.40. The molecule has 0 fully saturated rings. The van der Waals surface area contributed by atoms with Gasteiger partial charge in [0.15, 0.2) is 0 Å². The molecule has 1 nitrogen and oxygen atoms in total. The van der Waals surface area contributed by atoms with Gasteiger partial charge in [0.05, 0.1) is 0 Å². The minimum atomic E-state index is -2.40. The van der Waals surface area contributed by atoms with Crippen molar-refractivity contribution in [2.45, 2.75) is 104 Å². The van der Waals surface area contributed by atoms with Gasteiger partial charge in [0, 0.05) is 0 Å². The Labute approximate surface area is 205 Å². The maximum absolute atomic E-state index is 11.2. The molecular weight excluding hydrogens is 511 g/mol. The fourth-order valence-corrected chi connectivity index (χ4v) is 20.8. The standard InChI is InChI=1S/C17H23OSi.3C4H9.Sn/c1-6-14(16(18)7-2)13-17(19(3,4)5)15-11-9-8-10-12-15;3*1-3-4-2;/h2,6-13,16-18H,1H2,3-5H3;3*1,3-4H2,2H3;/b7-2?,14-13+;;;;. The van der Waals surface area contributed by atoms with Crippen LogP contribution in [0.15, 0.2) is 64.8 Å². The van der Waals surface area contributed by atoms with Crippen LogP contribution in [0.5, 0.6) is 0 Å². The number of rotatable bonds is 16. The van der Waals surface area contributed by atoms with Crippen molar-refractivity contribution in [3.8, 4) is 0 Å². The quantitative estimate of drug-likeness (QED) is 0.158. The van der Waals surface area contributed by atoms with E-state index in [0.717, 1.165) is 5.57 Å². The van der Waals surface area contributed by atoms with E-state index in [2.05, 4.69) is 93.6 Å². The molecule has 3 heteroatoms. The van der Waals surface area contributed by atoms with Gasteiger partial charge in [-0.25, -0.2) is 0 Å².